The Kier molecular flexibility index (Phi) is 5.04. The molecule has 8 nitrogen and oxygen atoms in total. The van der Waals surface area contributed by atoms with Gasteiger partial charge in [-0.15, -0.1) is 0 Å². The second-order valence-electron chi connectivity index (χ2n) is 6.32. The van der Waals surface area contributed by atoms with Crippen molar-refractivity contribution in [3.8, 4) is 5.75 Å². The molecule has 2 aliphatic rings. The Morgan fingerprint density at radius 1 is 1.21 bits per heavy atom. The van der Waals surface area contributed by atoms with Crippen molar-refractivity contribution in [1.29, 1.82) is 0 Å². The number of hydrogen-bond donors (Lipinski definition) is 1. The fraction of sp³-hybridized carbons (Fsp3) is 0.294. The number of amides is 2. The van der Waals surface area contributed by atoms with Gasteiger partial charge >= 0.3 is 0 Å². The van der Waals surface area contributed by atoms with E-state index in [-0.39, 0.29) is 47.2 Å². The lowest BCUT2D eigenvalue weighted by molar-refractivity contribution is -0.118. The van der Waals surface area contributed by atoms with Gasteiger partial charge in [0, 0.05) is 37.6 Å². The highest BCUT2D eigenvalue weighted by molar-refractivity contribution is 7.89. The Bertz CT molecular complexity index is 1030. The van der Waals surface area contributed by atoms with Gasteiger partial charge in [0.2, 0.25) is 10.0 Å². The first kappa shape index (κ1) is 19.2. The van der Waals surface area contributed by atoms with Gasteiger partial charge in [-0.1, -0.05) is 11.6 Å². The molecule has 3 heterocycles. The van der Waals surface area contributed by atoms with Gasteiger partial charge in [0.1, 0.15) is 10.6 Å². The van der Waals surface area contributed by atoms with E-state index in [1.807, 2.05) is 5.38 Å². The van der Waals surface area contributed by atoms with Gasteiger partial charge in [0.15, 0.2) is 6.61 Å². The van der Waals surface area contributed by atoms with E-state index in [1.54, 1.807) is 16.3 Å². The Labute approximate surface area is 170 Å². The lowest BCUT2D eigenvalue weighted by atomic mass is 10.2. The molecule has 0 unspecified atom stereocenters. The number of carbonyl (C=O) groups excluding carboxylic acids is 2. The molecule has 11 heteroatoms. The average Bonchev–Trinajstić information content (AvgIpc) is 3.21. The highest BCUT2D eigenvalue weighted by atomic mass is 35.5. The van der Waals surface area contributed by atoms with Gasteiger partial charge in [-0.2, -0.15) is 15.6 Å². The van der Waals surface area contributed by atoms with E-state index in [2.05, 4.69) is 5.32 Å². The zero-order valence-corrected chi connectivity index (χ0v) is 16.9. The van der Waals surface area contributed by atoms with E-state index in [0.29, 0.717) is 24.3 Å². The number of piperazine rings is 1. The van der Waals surface area contributed by atoms with Gasteiger partial charge in [0.05, 0.1) is 16.3 Å². The Morgan fingerprint density at radius 2 is 1.96 bits per heavy atom. The maximum Gasteiger partial charge on any atom is 0.262 e. The second kappa shape index (κ2) is 7.36. The summed E-state index contributed by atoms with van der Waals surface area (Å²) in [4.78, 5) is 25.4. The topological polar surface area (TPSA) is 96.0 Å². The van der Waals surface area contributed by atoms with E-state index in [0.717, 1.165) is 0 Å². The summed E-state index contributed by atoms with van der Waals surface area (Å²) in [6, 6.07) is 4.45. The van der Waals surface area contributed by atoms with Crippen LogP contribution in [0.1, 0.15) is 10.4 Å². The summed E-state index contributed by atoms with van der Waals surface area (Å²) in [5.74, 6) is -0.173. The number of benzene rings is 1. The van der Waals surface area contributed by atoms with Crippen LogP contribution in [0.2, 0.25) is 5.02 Å². The van der Waals surface area contributed by atoms with Crippen LogP contribution in [0.3, 0.4) is 0 Å². The van der Waals surface area contributed by atoms with Crippen LogP contribution in [0.25, 0.3) is 0 Å². The van der Waals surface area contributed by atoms with E-state index in [1.165, 1.54) is 27.8 Å². The summed E-state index contributed by atoms with van der Waals surface area (Å²) >= 11 is 7.62. The number of sulfonamides is 1. The van der Waals surface area contributed by atoms with Gasteiger partial charge < -0.3 is 15.0 Å². The van der Waals surface area contributed by atoms with Crippen molar-refractivity contribution in [3.05, 3.63) is 39.5 Å². The highest BCUT2D eigenvalue weighted by Gasteiger charge is 2.33. The van der Waals surface area contributed by atoms with Crippen molar-refractivity contribution in [2.45, 2.75) is 4.90 Å². The lowest BCUT2D eigenvalue weighted by Gasteiger charge is -2.34. The minimum Gasteiger partial charge on any atom is -0.482 e. The number of fused-ring (bicyclic) bond motifs is 1. The van der Waals surface area contributed by atoms with Crippen LogP contribution >= 0.6 is 22.9 Å². The lowest BCUT2D eigenvalue weighted by Crippen LogP contribution is -2.50. The van der Waals surface area contributed by atoms with Crippen molar-refractivity contribution in [2.24, 2.45) is 0 Å². The molecule has 4 rings (SSSR count). The molecule has 2 aliphatic heterocycles. The van der Waals surface area contributed by atoms with Crippen LogP contribution in [0.4, 0.5) is 5.69 Å². The highest BCUT2D eigenvalue weighted by Crippen LogP contribution is 2.37. The molecule has 2 aromatic rings. The molecule has 0 radical (unpaired) electrons. The van der Waals surface area contributed by atoms with Crippen molar-refractivity contribution in [1.82, 2.24) is 9.21 Å². The van der Waals surface area contributed by atoms with E-state index < -0.39 is 10.0 Å². The van der Waals surface area contributed by atoms with Crippen LogP contribution in [0.15, 0.2) is 33.9 Å². The Hall–Kier alpha value is -2.14. The molecule has 2 amide bonds. The Balaban J connectivity index is 1.52. The summed E-state index contributed by atoms with van der Waals surface area (Å²) in [5, 5.41) is 6.20. The van der Waals surface area contributed by atoms with Crippen molar-refractivity contribution >= 4 is 50.5 Å². The number of ether oxygens (including phenoxy) is 1. The molecule has 0 atom stereocenters. The molecule has 1 aromatic heterocycles. The number of anilines is 1. The van der Waals surface area contributed by atoms with Gasteiger partial charge in [-0.25, -0.2) is 8.42 Å². The van der Waals surface area contributed by atoms with Crippen molar-refractivity contribution < 1.29 is 22.7 Å². The molecule has 0 aliphatic carbocycles. The molecule has 0 saturated carbocycles. The summed E-state index contributed by atoms with van der Waals surface area (Å²) < 4.78 is 32.7. The number of hydrogen-bond acceptors (Lipinski definition) is 6. The molecular formula is C17H16ClN3O5S2. The third kappa shape index (κ3) is 3.48. The predicted octanol–water partition coefficient (Wildman–Crippen LogP) is 1.88. The molecule has 1 saturated heterocycles. The molecule has 1 fully saturated rings. The van der Waals surface area contributed by atoms with Crippen molar-refractivity contribution in [3.63, 3.8) is 0 Å². The van der Waals surface area contributed by atoms with Gasteiger partial charge in [-0.3, -0.25) is 9.59 Å². The predicted molar refractivity (Wildman–Crippen MR) is 105 cm³/mol. The average molecular weight is 442 g/mol. The summed E-state index contributed by atoms with van der Waals surface area (Å²) in [7, 11) is -3.87. The Morgan fingerprint density at radius 3 is 2.64 bits per heavy atom. The second-order valence-corrected chi connectivity index (χ2v) is 9.42. The van der Waals surface area contributed by atoms with E-state index in [4.69, 9.17) is 16.3 Å². The number of thiophene rings is 1. The first-order valence-electron chi connectivity index (χ1n) is 8.44. The first-order chi connectivity index (χ1) is 13.4. The zero-order valence-electron chi connectivity index (χ0n) is 14.6. The van der Waals surface area contributed by atoms with E-state index in [9.17, 15) is 18.0 Å². The number of carbonyl (C=O) groups is 2. The monoisotopic (exact) mass is 441 g/mol. The molecule has 28 heavy (non-hydrogen) atoms. The fourth-order valence-corrected chi connectivity index (χ4v) is 5.69. The minimum absolute atomic E-state index is 0.00123. The van der Waals surface area contributed by atoms with Crippen molar-refractivity contribution in [2.75, 3.05) is 38.1 Å². The smallest absolute Gasteiger partial charge is 0.262 e. The maximum atomic E-state index is 13.1. The fourth-order valence-electron chi connectivity index (χ4n) is 3.12. The van der Waals surface area contributed by atoms with Crippen LogP contribution in [0.5, 0.6) is 5.75 Å². The van der Waals surface area contributed by atoms with Crippen LogP contribution in [-0.4, -0.2) is 62.2 Å². The van der Waals surface area contributed by atoms with Gasteiger partial charge in [0.25, 0.3) is 11.8 Å². The molecule has 148 valence electrons. The summed E-state index contributed by atoms with van der Waals surface area (Å²) in [6.45, 7) is 0.746. The van der Waals surface area contributed by atoms with Gasteiger partial charge in [-0.05, 0) is 17.5 Å². The SMILES string of the molecule is O=C1COc2cc(S(=O)(=O)N3CCN(C(=O)c4ccsc4)CC3)c(Cl)cc2N1. The van der Waals surface area contributed by atoms with Crippen LogP contribution in [0, 0.1) is 0 Å². The van der Waals surface area contributed by atoms with Crippen LogP contribution < -0.4 is 10.1 Å². The first-order valence-corrected chi connectivity index (χ1v) is 11.2. The zero-order chi connectivity index (χ0) is 19.9. The molecular weight excluding hydrogens is 426 g/mol. The minimum atomic E-state index is -3.87. The largest absolute Gasteiger partial charge is 0.482 e. The molecule has 0 bridgehead atoms. The third-order valence-corrected chi connectivity index (χ3v) is 7.63. The standard InChI is InChI=1S/C17H16ClN3O5S2/c18-12-7-13-14(26-9-16(22)19-13)8-15(12)28(24,25)21-4-2-20(3-5-21)17(23)11-1-6-27-10-11/h1,6-8,10H,2-5,9H2,(H,19,22). The molecule has 0 spiro atoms. The number of nitrogens with one attached hydrogen (secondary N) is 1. The van der Waals surface area contributed by atoms with E-state index >= 15 is 0 Å². The number of rotatable bonds is 3. The van der Waals surface area contributed by atoms with Crippen LogP contribution in [-0.2, 0) is 14.8 Å². The number of halogens is 1. The summed E-state index contributed by atoms with van der Waals surface area (Å²) in [6.07, 6.45) is 0. The molecule has 1 aromatic carbocycles. The quantitative estimate of drug-likeness (QED) is 0.784. The molecule has 1 N–H and O–H groups in total. The normalized spacial score (nSPS) is 17.6. The summed E-state index contributed by atoms with van der Waals surface area (Å²) in [5.41, 5.74) is 0.949. The third-order valence-electron chi connectivity index (χ3n) is 4.58. The number of nitrogens with zero attached hydrogens (tertiary/aromatic N) is 2. The maximum absolute atomic E-state index is 13.1.